The lowest BCUT2D eigenvalue weighted by molar-refractivity contribution is -0.384. The second-order valence-electron chi connectivity index (χ2n) is 5.20. The van der Waals surface area contributed by atoms with Crippen LogP contribution in [0.2, 0.25) is 0 Å². The van der Waals surface area contributed by atoms with Gasteiger partial charge in [0.15, 0.2) is 0 Å². The van der Waals surface area contributed by atoms with Crippen LogP contribution >= 0.6 is 0 Å². The van der Waals surface area contributed by atoms with Crippen molar-refractivity contribution in [2.75, 3.05) is 25.5 Å². The number of anilines is 1. The van der Waals surface area contributed by atoms with Crippen LogP contribution in [0.5, 0.6) is 0 Å². The minimum absolute atomic E-state index is 0.00747. The van der Waals surface area contributed by atoms with Gasteiger partial charge in [-0.05, 0) is 19.1 Å². The molecule has 0 saturated heterocycles. The number of aliphatic hydroxyl groups excluding tert-OH is 1. The standard InChI is InChI=1S/C14H18F3N3O4/c1-9(8-21)19(2)13(22)5-6-18-11-4-3-10(14(15,16)17)7-12(11)20(23)24/h3-4,7,9,18,21H,5-6,8H2,1-2H3. The molecule has 0 aliphatic carbocycles. The molecule has 0 heterocycles. The molecular weight excluding hydrogens is 331 g/mol. The predicted molar refractivity (Wildman–Crippen MR) is 80.5 cm³/mol. The van der Waals surface area contributed by atoms with Crippen LogP contribution in [0.15, 0.2) is 18.2 Å². The molecule has 0 aliphatic heterocycles. The molecule has 1 rings (SSSR count). The van der Waals surface area contributed by atoms with Gasteiger partial charge in [0.2, 0.25) is 5.91 Å². The Morgan fingerprint density at radius 3 is 2.58 bits per heavy atom. The lowest BCUT2D eigenvalue weighted by Crippen LogP contribution is -2.38. The zero-order valence-corrected chi connectivity index (χ0v) is 13.1. The monoisotopic (exact) mass is 349 g/mol. The Hall–Kier alpha value is -2.36. The Morgan fingerprint density at radius 2 is 2.08 bits per heavy atom. The van der Waals surface area contributed by atoms with Crippen LogP contribution < -0.4 is 5.32 Å². The van der Waals surface area contributed by atoms with E-state index in [1.165, 1.54) is 11.9 Å². The van der Waals surface area contributed by atoms with Crippen molar-refractivity contribution in [3.05, 3.63) is 33.9 Å². The predicted octanol–water partition coefficient (Wildman–Crippen LogP) is 2.25. The minimum Gasteiger partial charge on any atom is -0.394 e. The van der Waals surface area contributed by atoms with Gasteiger partial charge in [0.05, 0.1) is 23.1 Å². The molecule has 10 heteroatoms. The van der Waals surface area contributed by atoms with Gasteiger partial charge >= 0.3 is 6.18 Å². The summed E-state index contributed by atoms with van der Waals surface area (Å²) in [6, 6.07) is 1.77. The molecule has 0 aliphatic rings. The van der Waals surface area contributed by atoms with Crippen molar-refractivity contribution in [1.29, 1.82) is 0 Å². The third-order valence-electron chi connectivity index (χ3n) is 3.49. The molecule has 1 amide bonds. The smallest absolute Gasteiger partial charge is 0.394 e. The summed E-state index contributed by atoms with van der Waals surface area (Å²) >= 11 is 0. The van der Waals surface area contributed by atoms with Crippen LogP contribution in [-0.2, 0) is 11.0 Å². The Labute approximate surface area is 136 Å². The minimum atomic E-state index is -4.68. The number of nitro groups is 1. The van der Waals surface area contributed by atoms with E-state index in [2.05, 4.69) is 5.32 Å². The maximum atomic E-state index is 12.6. The van der Waals surface area contributed by atoms with Crippen molar-refractivity contribution in [2.24, 2.45) is 0 Å². The summed E-state index contributed by atoms with van der Waals surface area (Å²) in [5.41, 5.74) is -1.93. The maximum Gasteiger partial charge on any atom is 0.416 e. The van der Waals surface area contributed by atoms with Gasteiger partial charge in [-0.1, -0.05) is 0 Å². The summed E-state index contributed by atoms with van der Waals surface area (Å²) in [5.74, 6) is -0.307. The molecule has 7 nitrogen and oxygen atoms in total. The highest BCUT2D eigenvalue weighted by atomic mass is 19.4. The van der Waals surface area contributed by atoms with E-state index in [0.29, 0.717) is 6.07 Å². The number of aliphatic hydroxyl groups is 1. The second kappa shape index (κ2) is 7.95. The van der Waals surface area contributed by atoms with E-state index >= 15 is 0 Å². The quantitative estimate of drug-likeness (QED) is 0.581. The van der Waals surface area contributed by atoms with E-state index < -0.39 is 22.4 Å². The fraction of sp³-hybridized carbons (Fsp3) is 0.500. The number of carbonyl (C=O) groups excluding carboxylic acids is 1. The SMILES string of the molecule is CC(CO)N(C)C(=O)CCNc1ccc(C(F)(F)F)cc1[N+](=O)[O-]. The number of nitrogens with one attached hydrogen (secondary N) is 1. The zero-order chi connectivity index (χ0) is 18.5. The number of benzene rings is 1. The van der Waals surface area contributed by atoms with Gasteiger partial charge < -0.3 is 15.3 Å². The molecule has 1 aromatic rings. The number of alkyl halides is 3. The van der Waals surface area contributed by atoms with Crippen molar-refractivity contribution in [2.45, 2.75) is 25.6 Å². The van der Waals surface area contributed by atoms with Gasteiger partial charge in [-0.15, -0.1) is 0 Å². The fourth-order valence-corrected chi connectivity index (χ4v) is 1.86. The summed E-state index contributed by atoms with van der Waals surface area (Å²) < 4.78 is 37.8. The number of halogens is 3. The van der Waals surface area contributed by atoms with E-state index in [1.54, 1.807) is 6.92 Å². The highest BCUT2D eigenvalue weighted by Gasteiger charge is 2.33. The van der Waals surface area contributed by atoms with E-state index in [0.717, 1.165) is 12.1 Å². The zero-order valence-electron chi connectivity index (χ0n) is 13.1. The first-order valence-corrected chi connectivity index (χ1v) is 7.04. The van der Waals surface area contributed by atoms with E-state index in [1.807, 2.05) is 0 Å². The average Bonchev–Trinajstić information content (AvgIpc) is 2.52. The van der Waals surface area contributed by atoms with Gasteiger partial charge in [-0.3, -0.25) is 14.9 Å². The van der Waals surface area contributed by atoms with Crippen LogP contribution in [0.3, 0.4) is 0 Å². The maximum absolute atomic E-state index is 12.6. The molecule has 0 fully saturated rings. The molecule has 2 N–H and O–H groups in total. The van der Waals surface area contributed by atoms with E-state index in [4.69, 9.17) is 5.11 Å². The number of carbonyl (C=O) groups is 1. The summed E-state index contributed by atoms with van der Waals surface area (Å²) in [5, 5.41) is 22.5. The number of nitrogens with zero attached hydrogens (tertiary/aromatic N) is 2. The molecule has 0 saturated carbocycles. The molecule has 1 atom stereocenters. The molecule has 1 unspecified atom stereocenters. The number of nitro benzene ring substituents is 1. The summed E-state index contributed by atoms with van der Waals surface area (Å²) in [6.45, 7) is 1.44. The Morgan fingerprint density at radius 1 is 1.46 bits per heavy atom. The summed E-state index contributed by atoms with van der Waals surface area (Å²) in [7, 11) is 1.50. The molecule has 24 heavy (non-hydrogen) atoms. The van der Waals surface area contributed by atoms with E-state index in [-0.39, 0.29) is 37.2 Å². The first-order valence-electron chi connectivity index (χ1n) is 7.04. The third-order valence-corrected chi connectivity index (χ3v) is 3.49. The van der Waals surface area contributed by atoms with Crippen LogP contribution in [0, 0.1) is 10.1 Å². The van der Waals surface area contributed by atoms with Crippen molar-refractivity contribution >= 4 is 17.3 Å². The van der Waals surface area contributed by atoms with Gasteiger partial charge in [0, 0.05) is 26.1 Å². The molecule has 0 radical (unpaired) electrons. The number of likely N-dealkylation sites (N-methyl/N-ethyl adjacent to an activating group) is 1. The molecule has 134 valence electrons. The lowest BCUT2D eigenvalue weighted by atomic mass is 10.1. The third kappa shape index (κ3) is 5.08. The lowest BCUT2D eigenvalue weighted by Gasteiger charge is -2.23. The molecule has 0 aromatic heterocycles. The van der Waals surface area contributed by atoms with Crippen LogP contribution in [0.25, 0.3) is 0 Å². The van der Waals surface area contributed by atoms with Crippen LogP contribution in [0.4, 0.5) is 24.5 Å². The largest absolute Gasteiger partial charge is 0.416 e. The first kappa shape index (κ1) is 19.7. The first-order chi connectivity index (χ1) is 11.1. The second-order valence-corrected chi connectivity index (χ2v) is 5.20. The fourth-order valence-electron chi connectivity index (χ4n) is 1.86. The highest BCUT2D eigenvalue weighted by molar-refractivity contribution is 5.77. The van der Waals surface area contributed by atoms with Gasteiger partial charge in [0.25, 0.3) is 5.69 Å². The van der Waals surface area contributed by atoms with Crippen molar-refractivity contribution in [1.82, 2.24) is 4.90 Å². The molecular formula is C14H18F3N3O4. The van der Waals surface area contributed by atoms with Crippen molar-refractivity contribution < 1.29 is 28.0 Å². The molecule has 0 spiro atoms. The topological polar surface area (TPSA) is 95.7 Å². The van der Waals surface area contributed by atoms with Crippen molar-refractivity contribution in [3.63, 3.8) is 0 Å². The number of amides is 1. The van der Waals surface area contributed by atoms with E-state index in [9.17, 15) is 28.1 Å². The number of rotatable bonds is 7. The molecule has 0 bridgehead atoms. The normalized spacial score (nSPS) is 12.6. The Balaban J connectivity index is 2.78. The van der Waals surface area contributed by atoms with Gasteiger partial charge in [-0.25, -0.2) is 0 Å². The number of hydrogen-bond donors (Lipinski definition) is 2. The molecule has 1 aromatic carbocycles. The van der Waals surface area contributed by atoms with Crippen molar-refractivity contribution in [3.8, 4) is 0 Å². The highest BCUT2D eigenvalue weighted by Crippen LogP contribution is 2.34. The number of hydrogen-bond acceptors (Lipinski definition) is 5. The van der Waals surface area contributed by atoms with Crippen LogP contribution in [-0.4, -0.2) is 47.1 Å². The average molecular weight is 349 g/mol. The Kier molecular flexibility index (Phi) is 6.52. The van der Waals surface area contributed by atoms with Gasteiger partial charge in [0.1, 0.15) is 5.69 Å². The van der Waals surface area contributed by atoms with Crippen LogP contribution in [0.1, 0.15) is 18.9 Å². The Bertz CT molecular complexity index is 607. The summed E-state index contributed by atoms with van der Waals surface area (Å²) in [4.78, 5) is 23.2. The van der Waals surface area contributed by atoms with Gasteiger partial charge in [-0.2, -0.15) is 13.2 Å². The summed E-state index contributed by atoms with van der Waals surface area (Å²) in [6.07, 6.45) is -4.71.